The molecule has 0 atom stereocenters. The number of rotatable bonds is 1. The van der Waals surface area contributed by atoms with Crippen LogP contribution in [0.25, 0.3) is 0 Å². The van der Waals surface area contributed by atoms with Gasteiger partial charge in [-0.25, -0.2) is 0 Å². The van der Waals surface area contributed by atoms with E-state index >= 15 is 0 Å². The second-order valence-electron chi connectivity index (χ2n) is 1.16. The number of halogens is 1. The first-order chi connectivity index (χ1) is 3.31. The van der Waals surface area contributed by atoms with Crippen molar-refractivity contribution in [2.75, 3.05) is 7.05 Å². The van der Waals surface area contributed by atoms with Crippen molar-refractivity contribution in [2.45, 2.75) is 6.92 Å². The summed E-state index contributed by atoms with van der Waals surface area (Å²) in [7, 11) is 1.78. The second kappa shape index (κ2) is 4.30. The third-order valence-corrected chi connectivity index (χ3v) is 1.02. The van der Waals surface area contributed by atoms with Crippen molar-refractivity contribution in [2.24, 2.45) is 4.99 Å². The highest BCUT2D eigenvalue weighted by Crippen LogP contribution is 1.85. The van der Waals surface area contributed by atoms with E-state index < -0.39 is 0 Å². The van der Waals surface area contributed by atoms with Gasteiger partial charge in [-0.05, 0) is 17.1 Å². The molecule has 40 valence electrons. The normalized spacial score (nSPS) is 13.3. The third kappa shape index (κ3) is 3.98. The Labute approximate surface area is 57.7 Å². The van der Waals surface area contributed by atoms with Crippen molar-refractivity contribution in [1.82, 2.24) is 0 Å². The molecule has 1 nitrogen and oxygen atoms in total. The Morgan fingerprint density at radius 1 is 1.71 bits per heavy atom. The van der Waals surface area contributed by atoms with Gasteiger partial charge in [0.1, 0.15) is 0 Å². The fourth-order valence-electron chi connectivity index (χ4n) is 0.166. The molecule has 0 aliphatic rings. The Bertz CT molecular complexity index is 94.3. The van der Waals surface area contributed by atoms with Crippen molar-refractivity contribution in [3.8, 4) is 0 Å². The lowest BCUT2D eigenvalue weighted by molar-refractivity contribution is 1.43. The zero-order chi connectivity index (χ0) is 5.70. The first-order valence-electron chi connectivity index (χ1n) is 2.01. The van der Waals surface area contributed by atoms with Gasteiger partial charge in [0.2, 0.25) is 0 Å². The molecule has 7 heavy (non-hydrogen) atoms. The van der Waals surface area contributed by atoms with E-state index in [0.29, 0.717) is 0 Å². The zero-order valence-electron chi connectivity index (χ0n) is 4.48. The average Bonchev–Trinajstić information content (AvgIpc) is 1.68. The van der Waals surface area contributed by atoms with E-state index in [9.17, 15) is 0 Å². The Morgan fingerprint density at radius 3 is 2.43 bits per heavy atom. The van der Waals surface area contributed by atoms with E-state index in [1.165, 1.54) is 0 Å². The summed E-state index contributed by atoms with van der Waals surface area (Å²) in [5.41, 5.74) is 1.06. The number of hydrogen-bond acceptors (Lipinski definition) is 1. The summed E-state index contributed by atoms with van der Waals surface area (Å²) in [6.07, 6.45) is 1.96. The van der Waals surface area contributed by atoms with E-state index in [1.54, 1.807) is 7.05 Å². The maximum Gasteiger partial charge on any atom is 0.0318 e. The second-order valence-corrected chi connectivity index (χ2v) is 1.88. The SMILES string of the molecule is C/N=C(C)\C=C/I. The molecule has 0 heterocycles. The predicted octanol–water partition coefficient (Wildman–Crippen LogP) is 2.03. The van der Waals surface area contributed by atoms with Crippen LogP contribution in [0.15, 0.2) is 15.2 Å². The maximum atomic E-state index is 3.90. The van der Waals surface area contributed by atoms with Crippen LogP contribution in [0.2, 0.25) is 0 Å². The molecule has 0 aromatic carbocycles. The van der Waals surface area contributed by atoms with Gasteiger partial charge in [0.15, 0.2) is 0 Å². The fraction of sp³-hybridized carbons (Fsp3) is 0.400. The molecule has 0 spiro atoms. The lowest BCUT2D eigenvalue weighted by atomic mass is 10.4. The molecule has 0 radical (unpaired) electrons. The lowest BCUT2D eigenvalue weighted by Crippen LogP contribution is -1.79. The zero-order valence-corrected chi connectivity index (χ0v) is 6.64. The summed E-state index contributed by atoms with van der Waals surface area (Å²) < 4.78 is 1.94. The minimum absolute atomic E-state index is 1.06. The molecule has 0 amide bonds. The van der Waals surface area contributed by atoms with Gasteiger partial charge in [-0.2, -0.15) is 0 Å². The summed E-state index contributed by atoms with van der Waals surface area (Å²) in [6, 6.07) is 0. The minimum atomic E-state index is 1.06. The summed E-state index contributed by atoms with van der Waals surface area (Å²) >= 11 is 2.16. The van der Waals surface area contributed by atoms with Crippen LogP contribution in [0.4, 0.5) is 0 Å². The molecule has 0 bridgehead atoms. The topological polar surface area (TPSA) is 12.4 Å². The van der Waals surface area contributed by atoms with E-state index in [4.69, 9.17) is 0 Å². The van der Waals surface area contributed by atoms with Crippen LogP contribution in [0.1, 0.15) is 6.92 Å². The van der Waals surface area contributed by atoms with Gasteiger partial charge in [-0.1, -0.05) is 22.6 Å². The Morgan fingerprint density at radius 2 is 2.29 bits per heavy atom. The predicted molar refractivity (Wildman–Crippen MR) is 42.2 cm³/mol. The van der Waals surface area contributed by atoms with Crippen molar-refractivity contribution in [3.05, 3.63) is 10.2 Å². The number of nitrogens with zero attached hydrogens (tertiary/aromatic N) is 1. The monoisotopic (exact) mass is 209 g/mol. The molecular weight excluding hydrogens is 201 g/mol. The van der Waals surface area contributed by atoms with Crippen LogP contribution in [0.5, 0.6) is 0 Å². The van der Waals surface area contributed by atoms with Crippen molar-refractivity contribution in [1.29, 1.82) is 0 Å². The van der Waals surface area contributed by atoms with E-state index in [1.807, 2.05) is 17.1 Å². The Hall–Kier alpha value is 0.140. The molecule has 2 heteroatoms. The first-order valence-corrected chi connectivity index (χ1v) is 3.26. The van der Waals surface area contributed by atoms with E-state index in [0.717, 1.165) is 5.71 Å². The molecular formula is C5H8IN. The van der Waals surface area contributed by atoms with Crippen LogP contribution in [-0.2, 0) is 0 Å². The molecule has 0 aliphatic carbocycles. The molecule has 0 N–H and O–H groups in total. The molecule has 0 aromatic heterocycles. The Kier molecular flexibility index (Phi) is 4.39. The minimum Gasteiger partial charge on any atom is -0.293 e. The average molecular weight is 209 g/mol. The summed E-state index contributed by atoms with van der Waals surface area (Å²) in [6.45, 7) is 1.97. The van der Waals surface area contributed by atoms with E-state index in [2.05, 4.69) is 27.6 Å². The smallest absolute Gasteiger partial charge is 0.0318 e. The van der Waals surface area contributed by atoms with Gasteiger partial charge in [0, 0.05) is 12.8 Å². The molecule has 0 saturated carbocycles. The fourth-order valence-corrected chi connectivity index (χ4v) is 0.686. The largest absolute Gasteiger partial charge is 0.293 e. The molecule has 0 saturated heterocycles. The standard InChI is InChI=1S/C5H8IN/c1-5(7-2)3-4-6/h3-4H,1-2H3/b4-3-,7-5-. The van der Waals surface area contributed by atoms with Crippen molar-refractivity contribution >= 4 is 28.3 Å². The highest BCUT2D eigenvalue weighted by Gasteiger charge is 1.72. The van der Waals surface area contributed by atoms with Crippen LogP contribution in [0.3, 0.4) is 0 Å². The molecule has 0 aromatic rings. The van der Waals surface area contributed by atoms with Crippen LogP contribution < -0.4 is 0 Å². The molecule has 0 rings (SSSR count). The van der Waals surface area contributed by atoms with Crippen molar-refractivity contribution < 1.29 is 0 Å². The quantitative estimate of drug-likeness (QED) is 0.462. The first kappa shape index (κ1) is 7.14. The third-order valence-electron chi connectivity index (χ3n) is 0.657. The summed E-state index contributed by atoms with van der Waals surface area (Å²) in [5, 5.41) is 0. The number of aliphatic imine (C=N–C) groups is 1. The van der Waals surface area contributed by atoms with Crippen LogP contribution in [0, 0.1) is 0 Å². The highest BCUT2D eigenvalue weighted by atomic mass is 127. The number of hydrogen-bond donors (Lipinski definition) is 0. The van der Waals surface area contributed by atoms with Gasteiger partial charge >= 0.3 is 0 Å². The highest BCUT2D eigenvalue weighted by molar-refractivity contribution is 14.1. The lowest BCUT2D eigenvalue weighted by Gasteiger charge is -1.80. The van der Waals surface area contributed by atoms with Crippen LogP contribution in [-0.4, -0.2) is 12.8 Å². The van der Waals surface area contributed by atoms with Gasteiger partial charge in [0.25, 0.3) is 0 Å². The summed E-state index contributed by atoms with van der Waals surface area (Å²) in [4.78, 5) is 3.90. The van der Waals surface area contributed by atoms with Gasteiger partial charge in [-0.3, -0.25) is 4.99 Å². The number of allylic oxidation sites excluding steroid dienone is 1. The maximum absolute atomic E-state index is 3.90. The molecule has 0 aliphatic heterocycles. The molecule has 0 unspecified atom stereocenters. The summed E-state index contributed by atoms with van der Waals surface area (Å²) in [5.74, 6) is 0. The van der Waals surface area contributed by atoms with Crippen LogP contribution >= 0.6 is 22.6 Å². The van der Waals surface area contributed by atoms with E-state index in [-0.39, 0.29) is 0 Å². The molecule has 0 fully saturated rings. The van der Waals surface area contributed by atoms with Gasteiger partial charge in [0.05, 0.1) is 0 Å². The van der Waals surface area contributed by atoms with Crippen molar-refractivity contribution in [3.63, 3.8) is 0 Å². The van der Waals surface area contributed by atoms with Gasteiger partial charge in [-0.15, -0.1) is 0 Å². The van der Waals surface area contributed by atoms with Gasteiger partial charge < -0.3 is 0 Å². The Balaban J connectivity index is 3.58.